The quantitative estimate of drug-likeness (QED) is 0.121. The van der Waals surface area contributed by atoms with Gasteiger partial charge in [0.05, 0.1) is 12.3 Å². The van der Waals surface area contributed by atoms with Crippen LogP contribution < -0.4 is 9.64 Å². The highest BCUT2D eigenvalue weighted by atomic mass is 32.1. The molecule has 5 nitrogen and oxygen atoms in total. The van der Waals surface area contributed by atoms with Gasteiger partial charge < -0.3 is 14.4 Å². The Morgan fingerprint density at radius 1 is 0.860 bits per heavy atom. The number of anilines is 1. The zero-order valence-electron chi connectivity index (χ0n) is 24.2. The largest absolute Gasteiger partial charge is 0.489 e. The highest BCUT2D eigenvalue weighted by Gasteiger charge is 2.14. The second-order valence-electron chi connectivity index (χ2n) is 10.2. The van der Waals surface area contributed by atoms with Gasteiger partial charge in [0.1, 0.15) is 18.2 Å². The van der Waals surface area contributed by atoms with Gasteiger partial charge in [-0.05, 0) is 48.1 Å². The molecule has 1 aromatic heterocycles. The van der Waals surface area contributed by atoms with Crippen molar-refractivity contribution in [2.45, 2.75) is 39.3 Å². The highest BCUT2D eigenvalue weighted by Crippen LogP contribution is 2.29. The first-order chi connectivity index (χ1) is 21.1. The van der Waals surface area contributed by atoms with Gasteiger partial charge in [0.15, 0.2) is 5.13 Å². The van der Waals surface area contributed by atoms with Gasteiger partial charge in [-0.15, -0.1) is 11.3 Å². The molecule has 0 atom stereocenters. The summed E-state index contributed by atoms with van der Waals surface area (Å²) in [5, 5.41) is 3.12. The summed E-state index contributed by atoms with van der Waals surface area (Å²) < 4.78 is 25.3. The summed E-state index contributed by atoms with van der Waals surface area (Å²) >= 11 is 1.67. The van der Waals surface area contributed by atoms with Gasteiger partial charge in [-0.2, -0.15) is 0 Å². The minimum absolute atomic E-state index is 0.151. The molecule has 0 radical (unpaired) electrons. The smallest absolute Gasteiger partial charge is 0.306 e. The molecule has 0 saturated heterocycles. The fourth-order valence-corrected chi connectivity index (χ4v) is 5.58. The van der Waals surface area contributed by atoms with Crippen molar-refractivity contribution < 1.29 is 18.7 Å². The van der Waals surface area contributed by atoms with Crippen molar-refractivity contribution >= 4 is 22.4 Å². The number of esters is 1. The van der Waals surface area contributed by atoms with Crippen LogP contribution in [0.5, 0.6) is 5.75 Å². The van der Waals surface area contributed by atoms with Crippen molar-refractivity contribution in [2.75, 3.05) is 18.1 Å². The van der Waals surface area contributed by atoms with E-state index in [1.807, 2.05) is 36.4 Å². The lowest BCUT2D eigenvalue weighted by Gasteiger charge is -2.22. The van der Waals surface area contributed by atoms with Crippen LogP contribution in [-0.4, -0.2) is 24.1 Å². The first-order valence-corrected chi connectivity index (χ1v) is 15.4. The Hall–Kier alpha value is -4.49. The number of aryl methyl sites for hydroxylation is 1. The minimum Gasteiger partial charge on any atom is -0.489 e. The average molecular weight is 595 g/mol. The first kappa shape index (κ1) is 30.0. The van der Waals surface area contributed by atoms with E-state index in [2.05, 4.69) is 58.8 Å². The van der Waals surface area contributed by atoms with Crippen molar-refractivity contribution in [3.8, 4) is 17.0 Å². The van der Waals surface area contributed by atoms with Gasteiger partial charge in [0.2, 0.25) is 0 Å². The van der Waals surface area contributed by atoms with Gasteiger partial charge in [-0.25, -0.2) is 9.37 Å². The van der Waals surface area contributed by atoms with Crippen molar-refractivity contribution in [1.29, 1.82) is 0 Å². The standard InChI is InChI=1S/C36H35FN2O3S/c1-2-41-35(40)20-18-30-17-19-32(23-33(30)37)42-25-29-15-13-28(14-16-29)24-39(22-21-27-9-5-3-6-10-27)36-38-34(26-43-36)31-11-7-4-8-12-31/h3-17,19,23,26H,2,18,20-22,24-25H2,1H3. The second kappa shape index (κ2) is 15.1. The number of rotatable bonds is 14. The predicted molar refractivity (Wildman–Crippen MR) is 171 cm³/mol. The van der Waals surface area contributed by atoms with Crippen LogP contribution in [0.3, 0.4) is 0 Å². The second-order valence-corrected chi connectivity index (χ2v) is 11.0. The summed E-state index contributed by atoms with van der Waals surface area (Å²) in [6.07, 6.45) is 1.37. The topological polar surface area (TPSA) is 51.7 Å². The van der Waals surface area contributed by atoms with Crippen LogP contribution in [0.15, 0.2) is 109 Å². The van der Waals surface area contributed by atoms with Gasteiger partial charge in [0, 0.05) is 36.5 Å². The molecule has 5 rings (SSSR count). The van der Waals surface area contributed by atoms with Crippen LogP contribution in [0.25, 0.3) is 11.3 Å². The predicted octanol–water partition coefficient (Wildman–Crippen LogP) is 8.27. The van der Waals surface area contributed by atoms with Crippen LogP contribution in [0.1, 0.15) is 35.6 Å². The average Bonchev–Trinajstić information content (AvgIpc) is 3.54. The molecule has 0 aliphatic rings. The molecule has 0 N–H and O–H groups in total. The molecule has 1 heterocycles. The number of halogens is 1. The number of carbonyl (C=O) groups is 1. The van der Waals surface area contributed by atoms with E-state index in [-0.39, 0.29) is 18.2 Å². The van der Waals surface area contributed by atoms with E-state index in [0.717, 1.165) is 41.5 Å². The number of benzene rings is 4. The molecule has 0 unspecified atom stereocenters. The number of carbonyl (C=O) groups excluding carboxylic acids is 1. The van der Waals surface area contributed by atoms with Crippen molar-refractivity contribution in [2.24, 2.45) is 0 Å². The van der Waals surface area contributed by atoms with Crippen LogP contribution >= 0.6 is 11.3 Å². The number of thiazole rings is 1. The molecule has 0 bridgehead atoms. The van der Waals surface area contributed by atoms with Crippen LogP contribution in [0, 0.1) is 5.82 Å². The molecule has 0 fully saturated rings. The number of hydrogen-bond acceptors (Lipinski definition) is 6. The van der Waals surface area contributed by atoms with Crippen molar-refractivity contribution in [3.05, 3.63) is 137 Å². The summed E-state index contributed by atoms with van der Waals surface area (Å²) in [5.74, 6) is -0.259. The zero-order chi connectivity index (χ0) is 29.9. The van der Waals surface area contributed by atoms with Gasteiger partial charge in [-0.3, -0.25) is 4.79 Å². The summed E-state index contributed by atoms with van der Waals surface area (Å²) in [7, 11) is 0. The summed E-state index contributed by atoms with van der Waals surface area (Å²) in [4.78, 5) is 18.9. The fraction of sp³-hybridized carbons (Fsp3) is 0.222. The van der Waals surface area contributed by atoms with Crippen molar-refractivity contribution in [3.63, 3.8) is 0 Å². The van der Waals surface area contributed by atoms with Crippen molar-refractivity contribution in [1.82, 2.24) is 4.98 Å². The minimum atomic E-state index is -0.384. The Bertz CT molecular complexity index is 1590. The van der Waals surface area contributed by atoms with E-state index in [1.165, 1.54) is 17.2 Å². The third-order valence-electron chi connectivity index (χ3n) is 7.08. The highest BCUT2D eigenvalue weighted by molar-refractivity contribution is 7.14. The molecular weight excluding hydrogens is 559 g/mol. The molecule has 0 aliphatic carbocycles. The van der Waals surface area contributed by atoms with Crippen LogP contribution in [0.4, 0.5) is 9.52 Å². The van der Waals surface area contributed by atoms with Crippen LogP contribution in [0.2, 0.25) is 0 Å². The summed E-state index contributed by atoms with van der Waals surface area (Å²) in [6.45, 7) is 3.98. The lowest BCUT2D eigenvalue weighted by molar-refractivity contribution is -0.143. The Labute approximate surface area is 256 Å². The van der Waals surface area contributed by atoms with E-state index in [9.17, 15) is 9.18 Å². The molecule has 4 aromatic carbocycles. The lowest BCUT2D eigenvalue weighted by Crippen LogP contribution is -2.25. The third kappa shape index (κ3) is 8.75. The zero-order valence-corrected chi connectivity index (χ0v) is 25.1. The molecule has 0 aliphatic heterocycles. The van der Waals surface area contributed by atoms with E-state index >= 15 is 0 Å². The molecule has 0 amide bonds. The van der Waals surface area contributed by atoms with Crippen LogP contribution in [-0.2, 0) is 35.5 Å². The molecule has 43 heavy (non-hydrogen) atoms. The monoisotopic (exact) mass is 594 g/mol. The molecule has 220 valence electrons. The van der Waals surface area contributed by atoms with E-state index < -0.39 is 0 Å². The Morgan fingerprint density at radius 2 is 1.58 bits per heavy atom. The number of ether oxygens (including phenoxy) is 2. The molecule has 5 aromatic rings. The van der Waals surface area contributed by atoms with E-state index in [0.29, 0.717) is 30.9 Å². The SMILES string of the molecule is CCOC(=O)CCc1ccc(OCc2ccc(CN(CCc3ccccc3)c3nc(-c4ccccc4)cs3)cc2)cc1F. The Kier molecular flexibility index (Phi) is 10.5. The lowest BCUT2D eigenvalue weighted by atomic mass is 10.1. The molecule has 7 heteroatoms. The van der Waals surface area contributed by atoms with Gasteiger partial charge in [0.25, 0.3) is 0 Å². The van der Waals surface area contributed by atoms with E-state index in [4.69, 9.17) is 14.5 Å². The first-order valence-electron chi connectivity index (χ1n) is 14.5. The maximum Gasteiger partial charge on any atom is 0.306 e. The number of hydrogen-bond donors (Lipinski definition) is 0. The number of aromatic nitrogens is 1. The van der Waals surface area contributed by atoms with E-state index in [1.54, 1.807) is 30.4 Å². The third-order valence-corrected chi connectivity index (χ3v) is 7.98. The molecule has 0 saturated carbocycles. The Morgan fingerprint density at radius 3 is 2.30 bits per heavy atom. The number of nitrogens with zero attached hydrogens (tertiary/aromatic N) is 2. The van der Waals surface area contributed by atoms with Gasteiger partial charge in [-0.1, -0.05) is 91.0 Å². The molecule has 0 spiro atoms. The Balaban J connectivity index is 1.21. The summed E-state index contributed by atoms with van der Waals surface area (Å²) in [6, 6.07) is 33.9. The normalized spacial score (nSPS) is 10.8. The van der Waals surface area contributed by atoms with Gasteiger partial charge >= 0.3 is 5.97 Å². The molecular formula is C36H35FN2O3S. The maximum atomic E-state index is 14.6. The fourth-order valence-electron chi connectivity index (χ4n) is 4.72. The maximum absolute atomic E-state index is 14.6. The summed E-state index contributed by atoms with van der Waals surface area (Å²) in [5.41, 5.74) is 6.03.